The van der Waals surface area contributed by atoms with Crippen LogP contribution in [-0.4, -0.2) is 20.7 Å². The van der Waals surface area contributed by atoms with Gasteiger partial charge in [0.05, 0.1) is 21.5 Å². The number of hydrogen-bond acceptors (Lipinski definition) is 3. The van der Waals surface area contributed by atoms with E-state index in [9.17, 15) is 4.79 Å². The third-order valence-corrected chi connectivity index (χ3v) is 4.66. The first-order valence-electron chi connectivity index (χ1n) is 7.10. The fourth-order valence-electron chi connectivity index (χ4n) is 2.27. The Morgan fingerprint density at radius 3 is 2.30 bits per heavy atom. The smallest absolute Gasteiger partial charge is 0.255 e. The van der Waals surface area contributed by atoms with Crippen LogP contribution < -0.4 is 5.32 Å². The molecule has 0 radical (unpaired) electrons. The summed E-state index contributed by atoms with van der Waals surface area (Å²) in [6, 6.07) is 10.9. The Hall–Kier alpha value is -2.47. The molecule has 0 aliphatic carbocycles. The summed E-state index contributed by atoms with van der Waals surface area (Å²) in [6.45, 7) is 3.96. The Kier molecular flexibility index (Phi) is 4.25. The predicted molar refractivity (Wildman–Crippen MR) is 92.9 cm³/mol. The molecule has 1 amide bonds. The van der Waals surface area contributed by atoms with E-state index in [-0.39, 0.29) is 5.91 Å². The van der Waals surface area contributed by atoms with Crippen molar-refractivity contribution in [1.29, 1.82) is 0 Å². The average Bonchev–Trinajstić information content (AvgIpc) is 2.84. The van der Waals surface area contributed by atoms with Gasteiger partial charge in [-0.1, -0.05) is 0 Å². The van der Waals surface area contributed by atoms with Crippen molar-refractivity contribution in [3.63, 3.8) is 0 Å². The number of nitrogens with one attached hydrogen (secondary N) is 1. The van der Waals surface area contributed by atoms with Gasteiger partial charge in [-0.25, -0.2) is 4.68 Å². The molecule has 2 aromatic heterocycles. The highest BCUT2D eigenvalue weighted by Gasteiger charge is 2.10. The standard InChI is InChI=1S/C17H15BrN4O/c1-11-16(18)12(2)22(21-11)15-5-3-14(4-6-15)20-17(23)13-7-9-19-10-8-13/h3-10H,1-2H3,(H,20,23). The highest BCUT2D eigenvalue weighted by molar-refractivity contribution is 9.10. The predicted octanol–water partition coefficient (Wildman–Crippen LogP) is 3.90. The second-order valence-corrected chi connectivity index (χ2v) is 5.93. The largest absolute Gasteiger partial charge is 0.322 e. The highest BCUT2D eigenvalue weighted by Crippen LogP contribution is 2.23. The minimum absolute atomic E-state index is 0.158. The van der Waals surface area contributed by atoms with Crippen LogP contribution in [0.25, 0.3) is 5.69 Å². The maximum Gasteiger partial charge on any atom is 0.255 e. The number of pyridine rings is 1. The van der Waals surface area contributed by atoms with Crippen molar-refractivity contribution >= 4 is 27.5 Å². The number of carbonyl (C=O) groups is 1. The summed E-state index contributed by atoms with van der Waals surface area (Å²) >= 11 is 3.52. The van der Waals surface area contributed by atoms with Gasteiger partial charge in [0, 0.05) is 23.6 Å². The summed E-state index contributed by atoms with van der Waals surface area (Å²) in [4.78, 5) is 16.0. The van der Waals surface area contributed by atoms with Crippen LogP contribution in [0.5, 0.6) is 0 Å². The lowest BCUT2D eigenvalue weighted by atomic mass is 10.2. The van der Waals surface area contributed by atoms with E-state index in [1.54, 1.807) is 24.5 Å². The molecule has 0 unspecified atom stereocenters. The molecular formula is C17H15BrN4O. The Morgan fingerprint density at radius 1 is 1.09 bits per heavy atom. The van der Waals surface area contributed by atoms with Crippen molar-refractivity contribution < 1.29 is 4.79 Å². The molecule has 1 aromatic carbocycles. The molecule has 0 saturated carbocycles. The maximum absolute atomic E-state index is 12.1. The van der Waals surface area contributed by atoms with Crippen LogP contribution in [0.4, 0.5) is 5.69 Å². The van der Waals surface area contributed by atoms with Crippen molar-refractivity contribution in [2.24, 2.45) is 0 Å². The number of hydrogen-bond donors (Lipinski definition) is 1. The maximum atomic E-state index is 12.1. The van der Waals surface area contributed by atoms with Crippen LogP contribution in [0.1, 0.15) is 21.7 Å². The van der Waals surface area contributed by atoms with Gasteiger partial charge in [0.2, 0.25) is 0 Å². The van der Waals surface area contributed by atoms with Crippen molar-refractivity contribution in [1.82, 2.24) is 14.8 Å². The number of carbonyl (C=O) groups excluding carboxylic acids is 1. The fraction of sp³-hybridized carbons (Fsp3) is 0.118. The van der Waals surface area contributed by atoms with E-state index in [0.717, 1.165) is 27.2 Å². The summed E-state index contributed by atoms with van der Waals surface area (Å²) in [7, 11) is 0. The number of halogens is 1. The lowest BCUT2D eigenvalue weighted by molar-refractivity contribution is 0.102. The summed E-state index contributed by atoms with van der Waals surface area (Å²) in [5.41, 5.74) is 4.23. The number of rotatable bonds is 3. The summed E-state index contributed by atoms with van der Waals surface area (Å²) in [5.74, 6) is -0.158. The quantitative estimate of drug-likeness (QED) is 0.760. The van der Waals surface area contributed by atoms with Crippen molar-refractivity contribution in [2.75, 3.05) is 5.32 Å². The van der Waals surface area contributed by atoms with Crippen LogP contribution in [0.2, 0.25) is 0 Å². The lowest BCUT2D eigenvalue weighted by Crippen LogP contribution is -2.11. The van der Waals surface area contributed by atoms with Gasteiger partial charge in [-0.2, -0.15) is 5.10 Å². The molecular weight excluding hydrogens is 356 g/mol. The van der Waals surface area contributed by atoms with E-state index in [0.29, 0.717) is 5.56 Å². The zero-order valence-corrected chi connectivity index (χ0v) is 14.3. The van der Waals surface area contributed by atoms with Crippen LogP contribution in [0.15, 0.2) is 53.3 Å². The van der Waals surface area contributed by atoms with Crippen LogP contribution in [-0.2, 0) is 0 Å². The van der Waals surface area contributed by atoms with Crippen LogP contribution in [0, 0.1) is 13.8 Å². The van der Waals surface area contributed by atoms with Gasteiger partial charge >= 0.3 is 0 Å². The number of aromatic nitrogens is 3. The highest BCUT2D eigenvalue weighted by atomic mass is 79.9. The molecule has 0 fully saturated rings. The van der Waals surface area contributed by atoms with Gasteiger partial charge in [-0.05, 0) is 66.2 Å². The molecule has 0 aliphatic rings. The van der Waals surface area contributed by atoms with Crippen molar-refractivity contribution in [2.45, 2.75) is 13.8 Å². The van der Waals surface area contributed by atoms with E-state index in [1.165, 1.54) is 0 Å². The van der Waals surface area contributed by atoms with Crippen LogP contribution >= 0.6 is 15.9 Å². The molecule has 6 heteroatoms. The van der Waals surface area contributed by atoms with E-state index >= 15 is 0 Å². The first kappa shape index (κ1) is 15.4. The van der Waals surface area contributed by atoms with Gasteiger partial charge in [-0.15, -0.1) is 0 Å². The molecule has 0 spiro atoms. The molecule has 3 aromatic rings. The molecule has 116 valence electrons. The zero-order valence-electron chi connectivity index (χ0n) is 12.7. The van der Waals surface area contributed by atoms with E-state index in [1.807, 2.05) is 42.8 Å². The molecule has 5 nitrogen and oxygen atoms in total. The second kappa shape index (κ2) is 6.34. The van der Waals surface area contributed by atoms with E-state index < -0.39 is 0 Å². The monoisotopic (exact) mass is 370 g/mol. The third-order valence-electron chi connectivity index (χ3n) is 3.52. The molecule has 0 saturated heterocycles. The number of amides is 1. The molecule has 23 heavy (non-hydrogen) atoms. The molecule has 1 N–H and O–H groups in total. The number of nitrogens with zero attached hydrogens (tertiary/aromatic N) is 3. The topological polar surface area (TPSA) is 59.8 Å². The Bertz CT molecular complexity index is 841. The number of anilines is 1. The zero-order chi connectivity index (χ0) is 16.4. The Labute approximate surface area is 142 Å². The van der Waals surface area contributed by atoms with Crippen molar-refractivity contribution in [3.8, 4) is 5.69 Å². The minimum Gasteiger partial charge on any atom is -0.322 e. The molecule has 0 bridgehead atoms. The van der Waals surface area contributed by atoms with E-state index in [2.05, 4.69) is 31.3 Å². The molecule has 0 atom stereocenters. The SMILES string of the molecule is Cc1nn(-c2ccc(NC(=O)c3ccncc3)cc2)c(C)c1Br. The lowest BCUT2D eigenvalue weighted by Gasteiger charge is -2.08. The normalized spacial score (nSPS) is 10.6. The van der Waals surface area contributed by atoms with Gasteiger partial charge in [-0.3, -0.25) is 9.78 Å². The first-order chi connectivity index (χ1) is 11.1. The number of aryl methyl sites for hydroxylation is 1. The Balaban J connectivity index is 1.80. The van der Waals surface area contributed by atoms with Gasteiger partial charge in [0.1, 0.15) is 0 Å². The second-order valence-electron chi connectivity index (χ2n) is 5.13. The first-order valence-corrected chi connectivity index (χ1v) is 7.89. The fourth-order valence-corrected chi connectivity index (χ4v) is 2.51. The van der Waals surface area contributed by atoms with Gasteiger partial charge in [0.25, 0.3) is 5.91 Å². The van der Waals surface area contributed by atoms with Gasteiger partial charge < -0.3 is 5.32 Å². The van der Waals surface area contributed by atoms with Gasteiger partial charge in [0.15, 0.2) is 0 Å². The number of benzene rings is 1. The summed E-state index contributed by atoms with van der Waals surface area (Å²) in [6.07, 6.45) is 3.19. The third kappa shape index (κ3) is 3.17. The molecule has 0 aliphatic heterocycles. The van der Waals surface area contributed by atoms with Crippen molar-refractivity contribution in [3.05, 3.63) is 70.2 Å². The molecule has 2 heterocycles. The molecule has 3 rings (SSSR count). The van der Waals surface area contributed by atoms with E-state index in [4.69, 9.17) is 0 Å². The van der Waals surface area contributed by atoms with Crippen LogP contribution in [0.3, 0.4) is 0 Å². The summed E-state index contributed by atoms with van der Waals surface area (Å²) < 4.78 is 2.88. The minimum atomic E-state index is -0.158. The summed E-state index contributed by atoms with van der Waals surface area (Å²) in [5, 5.41) is 7.36. The Morgan fingerprint density at radius 2 is 1.74 bits per heavy atom. The average molecular weight is 371 g/mol.